The van der Waals surface area contributed by atoms with Gasteiger partial charge in [0.15, 0.2) is 12.4 Å². The summed E-state index contributed by atoms with van der Waals surface area (Å²) in [5.74, 6) is -2.63. The second-order valence-corrected chi connectivity index (χ2v) is 12.5. The number of aliphatic hydroxyl groups excluding tert-OH is 1. The molecule has 1 aromatic carbocycles. The lowest BCUT2D eigenvalue weighted by Crippen LogP contribution is -2.61. The number of rotatable bonds is 9. The monoisotopic (exact) mass is 597 g/mol. The Bertz CT molecular complexity index is 1420. The summed E-state index contributed by atoms with van der Waals surface area (Å²) < 4.78 is 10.2. The number of carbonyl (C=O) groups excluding carboxylic acids is 4. The van der Waals surface area contributed by atoms with Gasteiger partial charge in [0.25, 0.3) is 5.09 Å². The number of ketones is 2. The quantitative estimate of drug-likeness (QED) is 0.185. The van der Waals surface area contributed by atoms with Gasteiger partial charge in [-0.15, -0.1) is 10.1 Å². The van der Waals surface area contributed by atoms with Gasteiger partial charge in [0, 0.05) is 22.8 Å². The standard InChI is InChI=1S/C31H35NO11/c1-29-12-10-19(33)14-18(29)6-7-22-23-11-13-31(38,30(23,2)16-24(34)28(22)29)25(35)17-41-26(36)8-9-27(37)42-20-4-3-5-21(15-20)43-32(39)40/h3-5,10,12,14-15,22-24,28,34,38H,6-9,11,13,16-17H2,1-2H3/t22-,23-,24-,28+,29-,30-,31-/m0/s1. The Balaban J connectivity index is 1.17. The molecule has 0 saturated heterocycles. The van der Waals surface area contributed by atoms with Gasteiger partial charge in [-0.2, -0.15) is 0 Å². The minimum Gasteiger partial charge on any atom is -0.458 e. The van der Waals surface area contributed by atoms with Crippen LogP contribution in [-0.2, 0) is 23.9 Å². The van der Waals surface area contributed by atoms with Gasteiger partial charge in [0.2, 0.25) is 5.78 Å². The van der Waals surface area contributed by atoms with Crippen molar-refractivity contribution >= 4 is 23.5 Å². The molecular formula is C31H35NO11. The first-order valence-corrected chi connectivity index (χ1v) is 14.4. The van der Waals surface area contributed by atoms with Gasteiger partial charge >= 0.3 is 11.9 Å². The molecule has 4 aliphatic rings. The molecule has 4 aliphatic carbocycles. The third-order valence-corrected chi connectivity index (χ3v) is 10.2. The Morgan fingerprint density at radius 3 is 2.58 bits per heavy atom. The van der Waals surface area contributed by atoms with E-state index in [-0.39, 0.29) is 60.7 Å². The molecule has 0 bridgehead atoms. The van der Waals surface area contributed by atoms with Gasteiger partial charge in [0.05, 0.1) is 18.9 Å². The number of ether oxygens (including phenoxy) is 2. The van der Waals surface area contributed by atoms with Crippen LogP contribution < -0.4 is 9.57 Å². The van der Waals surface area contributed by atoms with E-state index in [4.69, 9.17) is 9.47 Å². The molecule has 7 atom stereocenters. The first-order chi connectivity index (χ1) is 20.3. The van der Waals surface area contributed by atoms with Crippen LogP contribution in [0.2, 0.25) is 0 Å². The summed E-state index contributed by atoms with van der Waals surface area (Å²) in [5, 5.41) is 32.7. The van der Waals surface area contributed by atoms with Crippen LogP contribution in [0.5, 0.6) is 11.5 Å². The van der Waals surface area contributed by atoms with Gasteiger partial charge in [-0.05, 0) is 68.2 Å². The highest BCUT2D eigenvalue weighted by molar-refractivity contribution is 6.01. The number of fused-ring (bicyclic) bond motifs is 5. The largest absolute Gasteiger partial charge is 0.458 e. The average Bonchev–Trinajstić information content (AvgIpc) is 3.21. The van der Waals surface area contributed by atoms with E-state index < -0.39 is 52.0 Å². The van der Waals surface area contributed by atoms with Crippen molar-refractivity contribution in [3.05, 3.63) is 58.2 Å². The smallest absolute Gasteiger partial charge is 0.311 e. The van der Waals surface area contributed by atoms with E-state index >= 15 is 0 Å². The molecule has 5 rings (SSSR count). The molecule has 0 radical (unpaired) electrons. The number of benzene rings is 1. The lowest BCUT2D eigenvalue weighted by Gasteiger charge is -2.59. The molecular weight excluding hydrogens is 562 g/mol. The molecule has 0 aliphatic heterocycles. The normalized spacial score (nSPS) is 34.2. The lowest BCUT2D eigenvalue weighted by molar-refractivity contribution is -0.711. The van der Waals surface area contributed by atoms with Crippen LogP contribution >= 0.6 is 0 Å². The fourth-order valence-corrected chi connectivity index (χ4v) is 8.19. The molecule has 12 heteroatoms. The first kappa shape index (κ1) is 30.6. The second-order valence-electron chi connectivity index (χ2n) is 12.5. The predicted molar refractivity (Wildman–Crippen MR) is 148 cm³/mol. The second kappa shape index (κ2) is 11.3. The molecule has 0 spiro atoms. The maximum Gasteiger partial charge on any atom is 0.311 e. The van der Waals surface area contributed by atoms with Crippen LogP contribution in [0.25, 0.3) is 0 Å². The summed E-state index contributed by atoms with van der Waals surface area (Å²) in [6.07, 6.45) is 5.96. The maximum atomic E-state index is 13.4. The minimum absolute atomic E-state index is 0.0109. The topological polar surface area (TPSA) is 180 Å². The van der Waals surface area contributed by atoms with E-state index in [1.165, 1.54) is 18.2 Å². The SMILES string of the molecule is C[C@]12C=CC(=O)C=C1CC[C@@H]1[C@@H]2[C@@H](O)C[C@@]2(C)[C@H]1CC[C@]2(O)C(=O)COC(=O)CCC(=O)Oc1cccc(O[N+](=O)[O-])c1. The fraction of sp³-hybridized carbons (Fsp3) is 0.548. The molecule has 230 valence electrons. The molecule has 0 unspecified atom stereocenters. The van der Waals surface area contributed by atoms with Gasteiger partial charge in [-0.3, -0.25) is 24.0 Å². The highest BCUT2D eigenvalue weighted by Gasteiger charge is 2.68. The third kappa shape index (κ3) is 5.49. The molecule has 3 saturated carbocycles. The minimum atomic E-state index is -1.80. The van der Waals surface area contributed by atoms with Gasteiger partial charge in [-0.25, -0.2) is 0 Å². The van der Waals surface area contributed by atoms with Gasteiger partial charge in [-0.1, -0.05) is 31.6 Å². The van der Waals surface area contributed by atoms with Gasteiger partial charge in [0.1, 0.15) is 17.1 Å². The van der Waals surface area contributed by atoms with Crippen LogP contribution in [0, 0.1) is 38.7 Å². The number of carbonyl (C=O) groups is 4. The Kier molecular flexibility index (Phi) is 8.03. The molecule has 0 heterocycles. The van der Waals surface area contributed by atoms with Crippen LogP contribution in [0.4, 0.5) is 0 Å². The summed E-state index contributed by atoms with van der Waals surface area (Å²) in [6.45, 7) is 3.21. The summed E-state index contributed by atoms with van der Waals surface area (Å²) in [5.41, 5.74) is -2.18. The van der Waals surface area contributed by atoms with Crippen molar-refractivity contribution < 1.29 is 48.8 Å². The summed E-state index contributed by atoms with van der Waals surface area (Å²) in [7, 11) is 0. The van der Waals surface area contributed by atoms with Crippen LogP contribution in [-0.4, -0.2) is 57.1 Å². The zero-order valence-corrected chi connectivity index (χ0v) is 24.0. The lowest BCUT2D eigenvalue weighted by atomic mass is 9.46. The summed E-state index contributed by atoms with van der Waals surface area (Å²) >= 11 is 0. The fourth-order valence-electron chi connectivity index (χ4n) is 8.19. The zero-order valence-electron chi connectivity index (χ0n) is 24.0. The van der Waals surface area contributed by atoms with Crippen molar-refractivity contribution in [2.24, 2.45) is 28.6 Å². The molecule has 0 aromatic heterocycles. The van der Waals surface area contributed by atoms with Crippen molar-refractivity contribution in [2.45, 2.75) is 70.5 Å². The Morgan fingerprint density at radius 1 is 1.12 bits per heavy atom. The van der Waals surface area contributed by atoms with Gasteiger partial charge < -0.3 is 19.7 Å². The Hall–Kier alpha value is -3.90. The number of hydrogen-bond acceptors (Lipinski definition) is 11. The molecule has 2 N–H and O–H groups in total. The van der Waals surface area contributed by atoms with Crippen molar-refractivity contribution in [1.29, 1.82) is 0 Å². The molecule has 43 heavy (non-hydrogen) atoms. The highest BCUT2D eigenvalue weighted by Crippen LogP contribution is 2.67. The first-order valence-electron chi connectivity index (χ1n) is 14.4. The molecule has 12 nitrogen and oxygen atoms in total. The van der Waals surface area contributed by atoms with E-state index in [9.17, 15) is 39.5 Å². The number of esters is 2. The third-order valence-electron chi connectivity index (χ3n) is 10.2. The van der Waals surface area contributed by atoms with Crippen LogP contribution in [0.15, 0.2) is 48.1 Å². The number of Topliss-reactive ketones (excluding diaryl/α,β-unsaturated/α-hetero) is 1. The molecule has 0 amide bonds. The van der Waals surface area contributed by atoms with Crippen molar-refractivity contribution in [3.8, 4) is 11.5 Å². The highest BCUT2D eigenvalue weighted by atomic mass is 17.0. The molecule has 1 aromatic rings. The van der Waals surface area contributed by atoms with Crippen LogP contribution in [0.3, 0.4) is 0 Å². The Morgan fingerprint density at radius 2 is 1.84 bits per heavy atom. The molecule has 3 fully saturated rings. The van der Waals surface area contributed by atoms with E-state index in [1.54, 1.807) is 12.2 Å². The summed E-state index contributed by atoms with van der Waals surface area (Å²) in [6, 6.07) is 5.23. The predicted octanol–water partition coefficient (Wildman–Crippen LogP) is 3.06. The Labute approximate surface area is 247 Å². The summed E-state index contributed by atoms with van der Waals surface area (Å²) in [4.78, 5) is 64.7. The number of allylic oxidation sites excluding steroid dienone is 4. The average molecular weight is 598 g/mol. The zero-order chi connectivity index (χ0) is 31.2. The number of nitrogens with zero attached hydrogens (tertiary/aromatic N) is 1. The van der Waals surface area contributed by atoms with E-state index in [1.807, 2.05) is 19.9 Å². The van der Waals surface area contributed by atoms with Crippen molar-refractivity contribution in [3.63, 3.8) is 0 Å². The maximum absolute atomic E-state index is 13.4. The number of hydrogen-bond donors (Lipinski definition) is 2. The van der Waals surface area contributed by atoms with E-state index in [0.29, 0.717) is 12.8 Å². The van der Waals surface area contributed by atoms with Crippen molar-refractivity contribution in [2.75, 3.05) is 6.61 Å². The van der Waals surface area contributed by atoms with E-state index in [0.717, 1.165) is 18.1 Å². The van der Waals surface area contributed by atoms with Crippen molar-refractivity contribution in [1.82, 2.24) is 0 Å². The van der Waals surface area contributed by atoms with Crippen LogP contribution in [0.1, 0.15) is 58.8 Å². The number of aliphatic hydroxyl groups is 2. The van der Waals surface area contributed by atoms with E-state index in [2.05, 4.69) is 4.84 Å².